The van der Waals surface area contributed by atoms with Crippen molar-refractivity contribution in [3.8, 4) is 0 Å². The molecule has 102 valence electrons. The Bertz CT molecular complexity index is 432. The fraction of sp³-hybridized carbons (Fsp3) is 0.583. The Morgan fingerprint density at radius 1 is 1.39 bits per heavy atom. The fourth-order valence-corrected chi connectivity index (χ4v) is 2.07. The molecule has 0 fully saturated rings. The number of halogens is 2. The Kier molecular flexibility index (Phi) is 4.92. The van der Waals surface area contributed by atoms with Gasteiger partial charge in [0.25, 0.3) is 6.43 Å². The van der Waals surface area contributed by atoms with Gasteiger partial charge in [-0.05, 0) is 45.4 Å². The van der Waals surface area contributed by atoms with E-state index in [1.807, 2.05) is 20.8 Å². The van der Waals surface area contributed by atoms with Crippen LogP contribution in [-0.4, -0.2) is 13.9 Å². The molecule has 1 aromatic rings. The van der Waals surface area contributed by atoms with Gasteiger partial charge in [0.15, 0.2) is 0 Å². The summed E-state index contributed by atoms with van der Waals surface area (Å²) in [6, 6.07) is 2.71. The molecule has 0 radical (unpaired) electrons. The van der Waals surface area contributed by atoms with E-state index in [1.54, 1.807) is 13.0 Å². The molecule has 2 unspecified atom stereocenters. The molecule has 1 rings (SSSR count). The summed E-state index contributed by atoms with van der Waals surface area (Å²) in [7, 11) is -1.24. The van der Waals surface area contributed by atoms with Crippen LogP contribution in [0.2, 0.25) is 0 Å². The lowest BCUT2D eigenvalue weighted by Crippen LogP contribution is -2.34. The zero-order chi connectivity index (χ0) is 13.9. The second-order valence-corrected chi connectivity index (χ2v) is 7.03. The summed E-state index contributed by atoms with van der Waals surface area (Å²) in [5, 5.41) is 0. The normalized spacial score (nSPS) is 15.7. The van der Waals surface area contributed by atoms with Crippen LogP contribution in [0.1, 0.15) is 51.4 Å². The highest BCUT2D eigenvalue weighted by Gasteiger charge is 2.22. The highest BCUT2D eigenvalue weighted by atomic mass is 32.2. The Balaban J connectivity index is 2.82. The molecular formula is C12H18F2N2OS. The van der Waals surface area contributed by atoms with Gasteiger partial charge in [0.05, 0.1) is 15.7 Å². The van der Waals surface area contributed by atoms with Crippen molar-refractivity contribution in [1.82, 2.24) is 9.71 Å². The Labute approximate surface area is 109 Å². The van der Waals surface area contributed by atoms with E-state index in [9.17, 15) is 13.0 Å². The summed E-state index contributed by atoms with van der Waals surface area (Å²) >= 11 is 0. The van der Waals surface area contributed by atoms with Crippen LogP contribution >= 0.6 is 0 Å². The molecule has 0 saturated heterocycles. The maximum atomic E-state index is 12.5. The third kappa shape index (κ3) is 4.10. The van der Waals surface area contributed by atoms with E-state index in [0.717, 1.165) is 0 Å². The first-order chi connectivity index (χ1) is 8.21. The van der Waals surface area contributed by atoms with Gasteiger partial charge in [0.1, 0.15) is 5.69 Å². The van der Waals surface area contributed by atoms with Gasteiger partial charge in [-0.15, -0.1) is 0 Å². The molecule has 2 atom stereocenters. The first-order valence-corrected chi connectivity index (χ1v) is 6.79. The standard InChI is InChI=1S/C12H18F2N2OS/c1-8(16-18(17)12(2,3)4)9-5-6-15-10(7-9)11(13)14/h5-8,11,16H,1-4H3. The van der Waals surface area contributed by atoms with Gasteiger partial charge in [-0.3, -0.25) is 4.98 Å². The predicted octanol–water partition coefficient (Wildman–Crippen LogP) is 3.13. The minimum Gasteiger partial charge on any atom is -0.255 e. The summed E-state index contributed by atoms with van der Waals surface area (Å²) in [5.74, 6) is 0. The molecule has 0 bridgehead atoms. The van der Waals surface area contributed by atoms with Crippen molar-refractivity contribution in [2.75, 3.05) is 0 Å². The van der Waals surface area contributed by atoms with E-state index in [4.69, 9.17) is 0 Å². The van der Waals surface area contributed by atoms with Crippen LogP contribution in [0.15, 0.2) is 18.3 Å². The zero-order valence-corrected chi connectivity index (χ0v) is 11.7. The van der Waals surface area contributed by atoms with Crippen LogP contribution in [0.5, 0.6) is 0 Å². The maximum absolute atomic E-state index is 12.5. The van der Waals surface area contributed by atoms with E-state index < -0.39 is 22.2 Å². The van der Waals surface area contributed by atoms with Crippen LogP contribution in [0.3, 0.4) is 0 Å². The smallest absolute Gasteiger partial charge is 0.255 e. The molecule has 0 aromatic carbocycles. The first-order valence-electron chi connectivity index (χ1n) is 5.64. The van der Waals surface area contributed by atoms with E-state index >= 15 is 0 Å². The number of aromatic nitrogens is 1. The van der Waals surface area contributed by atoms with Gasteiger partial charge in [-0.1, -0.05) is 0 Å². The van der Waals surface area contributed by atoms with E-state index in [1.165, 1.54) is 12.3 Å². The third-order valence-electron chi connectivity index (χ3n) is 2.37. The molecule has 0 spiro atoms. The van der Waals surface area contributed by atoms with Crippen molar-refractivity contribution in [3.05, 3.63) is 29.6 Å². The number of alkyl halides is 2. The van der Waals surface area contributed by atoms with Gasteiger partial charge in [-0.2, -0.15) is 0 Å². The SMILES string of the molecule is CC(NS(=O)C(C)(C)C)c1ccnc(C(F)F)c1. The molecule has 6 heteroatoms. The van der Waals surface area contributed by atoms with Crippen molar-refractivity contribution >= 4 is 11.0 Å². The summed E-state index contributed by atoms with van der Waals surface area (Å²) in [4.78, 5) is 3.60. The van der Waals surface area contributed by atoms with Crippen LogP contribution in [0.4, 0.5) is 8.78 Å². The monoisotopic (exact) mass is 276 g/mol. The third-order valence-corrected chi connectivity index (χ3v) is 4.05. The summed E-state index contributed by atoms with van der Waals surface area (Å²) < 4.78 is 39.4. The molecule has 0 aliphatic heterocycles. The van der Waals surface area contributed by atoms with Crippen molar-refractivity contribution in [2.45, 2.75) is 44.9 Å². The number of nitrogens with one attached hydrogen (secondary N) is 1. The highest BCUT2D eigenvalue weighted by molar-refractivity contribution is 7.84. The van der Waals surface area contributed by atoms with Crippen molar-refractivity contribution in [1.29, 1.82) is 0 Å². The summed E-state index contributed by atoms with van der Waals surface area (Å²) in [6.07, 6.45) is -1.25. The van der Waals surface area contributed by atoms with Gasteiger partial charge < -0.3 is 0 Å². The first kappa shape index (κ1) is 15.2. The Morgan fingerprint density at radius 3 is 2.50 bits per heavy atom. The number of hydrogen-bond acceptors (Lipinski definition) is 2. The Hall–Kier alpha value is -0.880. The summed E-state index contributed by atoms with van der Waals surface area (Å²) in [5.41, 5.74) is 0.389. The van der Waals surface area contributed by atoms with E-state index in [-0.39, 0.29) is 11.7 Å². The summed E-state index contributed by atoms with van der Waals surface area (Å²) in [6.45, 7) is 7.33. The minimum absolute atomic E-state index is 0.261. The molecule has 0 saturated carbocycles. The van der Waals surface area contributed by atoms with Gasteiger partial charge >= 0.3 is 0 Å². The van der Waals surface area contributed by atoms with Crippen molar-refractivity contribution < 1.29 is 13.0 Å². The van der Waals surface area contributed by atoms with Crippen molar-refractivity contribution in [2.24, 2.45) is 0 Å². The minimum atomic E-state index is -2.59. The van der Waals surface area contributed by atoms with Crippen molar-refractivity contribution in [3.63, 3.8) is 0 Å². The molecular weight excluding hydrogens is 258 g/mol. The van der Waals surface area contributed by atoms with Crippen LogP contribution in [0, 0.1) is 0 Å². The van der Waals surface area contributed by atoms with Gasteiger partial charge in [0, 0.05) is 12.2 Å². The highest BCUT2D eigenvalue weighted by Crippen LogP contribution is 2.21. The van der Waals surface area contributed by atoms with Gasteiger partial charge in [0.2, 0.25) is 0 Å². The number of hydrogen-bond donors (Lipinski definition) is 1. The molecule has 0 aliphatic rings. The van der Waals surface area contributed by atoms with Crippen LogP contribution < -0.4 is 4.72 Å². The zero-order valence-electron chi connectivity index (χ0n) is 10.9. The largest absolute Gasteiger partial charge is 0.280 e. The molecule has 1 N–H and O–H groups in total. The topological polar surface area (TPSA) is 42.0 Å². The number of pyridine rings is 1. The quantitative estimate of drug-likeness (QED) is 0.918. The molecule has 0 amide bonds. The van der Waals surface area contributed by atoms with Gasteiger partial charge in [-0.25, -0.2) is 17.7 Å². The number of nitrogens with zero attached hydrogens (tertiary/aromatic N) is 1. The Morgan fingerprint density at radius 2 is 2.00 bits per heavy atom. The fourth-order valence-electron chi connectivity index (χ4n) is 1.26. The molecule has 1 aromatic heterocycles. The van der Waals surface area contributed by atoms with E-state index in [0.29, 0.717) is 5.56 Å². The average Bonchev–Trinajstić information content (AvgIpc) is 2.27. The number of rotatable bonds is 4. The average molecular weight is 276 g/mol. The lowest BCUT2D eigenvalue weighted by molar-refractivity contribution is 0.146. The lowest BCUT2D eigenvalue weighted by atomic mass is 10.1. The second kappa shape index (κ2) is 5.84. The maximum Gasteiger partial charge on any atom is 0.280 e. The predicted molar refractivity (Wildman–Crippen MR) is 68.6 cm³/mol. The molecule has 0 aliphatic carbocycles. The molecule has 1 heterocycles. The molecule has 3 nitrogen and oxygen atoms in total. The second-order valence-electron chi connectivity index (χ2n) is 5.04. The van der Waals surface area contributed by atoms with E-state index in [2.05, 4.69) is 9.71 Å². The van der Waals surface area contributed by atoms with Crippen LogP contribution in [0.25, 0.3) is 0 Å². The lowest BCUT2D eigenvalue weighted by Gasteiger charge is -2.22. The molecule has 18 heavy (non-hydrogen) atoms. The van der Waals surface area contributed by atoms with Crippen LogP contribution in [-0.2, 0) is 11.0 Å².